The van der Waals surface area contributed by atoms with Gasteiger partial charge in [0.15, 0.2) is 0 Å². The molecule has 0 aliphatic carbocycles. The summed E-state index contributed by atoms with van der Waals surface area (Å²) in [6, 6.07) is 4.62. The maximum Gasteiger partial charge on any atom is 0.316 e. The molecule has 2 aromatic rings. The molecule has 1 aromatic heterocycles. The minimum Gasteiger partial charge on any atom is -0.383 e. The van der Waals surface area contributed by atoms with E-state index in [4.69, 9.17) is 0 Å². The SMILES string of the molecule is CNc1ccc(Cn2ccn(C)c(=O)c2=O)cc1[N+](=O)[O-]. The molecule has 0 saturated carbocycles. The lowest BCUT2D eigenvalue weighted by Crippen LogP contribution is -2.39. The normalized spacial score (nSPS) is 10.4. The van der Waals surface area contributed by atoms with Gasteiger partial charge >= 0.3 is 11.1 Å². The van der Waals surface area contributed by atoms with Crippen LogP contribution in [0.2, 0.25) is 0 Å². The van der Waals surface area contributed by atoms with E-state index in [0.29, 0.717) is 11.3 Å². The molecule has 1 N–H and O–H groups in total. The molecule has 0 aliphatic rings. The zero-order valence-electron chi connectivity index (χ0n) is 11.6. The Morgan fingerprint density at radius 3 is 2.57 bits per heavy atom. The number of hydrogen-bond acceptors (Lipinski definition) is 5. The molecule has 1 heterocycles. The molecule has 8 nitrogen and oxygen atoms in total. The summed E-state index contributed by atoms with van der Waals surface area (Å²) in [4.78, 5) is 33.9. The molecule has 0 unspecified atom stereocenters. The summed E-state index contributed by atoms with van der Waals surface area (Å²) >= 11 is 0. The van der Waals surface area contributed by atoms with E-state index in [2.05, 4.69) is 5.32 Å². The van der Waals surface area contributed by atoms with Crippen molar-refractivity contribution in [3.8, 4) is 0 Å². The van der Waals surface area contributed by atoms with Crippen molar-refractivity contribution in [1.29, 1.82) is 0 Å². The highest BCUT2D eigenvalue weighted by atomic mass is 16.6. The zero-order valence-corrected chi connectivity index (χ0v) is 11.6. The van der Waals surface area contributed by atoms with Crippen molar-refractivity contribution >= 4 is 11.4 Å². The summed E-state index contributed by atoms with van der Waals surface area (Å²) in [7, 11) is 3.08. The van der Waals surface area contributed by atoms with E-state index >= 15 is 0 Å². The predicted octanol–water partition coefficient (Wildman–Crippen LogP) is 0.545. The van der Waals surface area contributed by atoms with E-state index in [9.17, 15) is 19.7 Å². The lowest BCUT2D eigenvalue weighted by Gasteiger charge is -2.08. The number of nitro groups is 1. The molecular formula is C13H14N4O4. The minimum absolute atomic E-state index is 0.0770. The Kier molecular flexibility index (Phi) is 3.88. The maximum absolute atomic E-state index is 11.8. The summed E-state index contributed by atoms with van der Waals surface area (Å²) < 4.78 is 2.41. The van der Waals surface area contributed by atoms with Gasteiger partial charge in [-0.1, -0.05) is 6.07 Å². The number of nitrogens with one attached hydrogen (secondary N) is 1. The van der Waals surface area contributed by atoms with Gasteiger partial charge in [0.05, 0.1) is 11.5 Å². The summed E-state index contributed by atoms with van der Waals surface area (Å²) in [6.07, 6.45) is 2.95. The van der Waals surface area contributed by atoms with Crippen molar-refractivity contribution in [2.24, 2.45) is 7.05 Å². The summed E-state index contributed by atoms with van der Waals surface area (Å²) in [5.74, 6) is 0. The van der Waals surface area contributed by atoms with Gasteiger partial charge in [0.2, 0.25) is 0 Å². The van der Waals surface area contributed by atoms with Crippen LogP contribution in [0.15, 0.2) is 40.2 Å². The Balaban J connectivity index is 2.43. The third kappa shape index (κ3) is 2.83. The second kappa shape index (κ2) is 5.61. The third-order valence-corrected chi connectivity index (χ3v) is 3.12. The molecule has 0 aliphatic heterocycles. The van der Waals surface area contributed by atoms with Crippen LogP contribution in [0.3, 0.4) is 0 Å². The van der Waals surface area contributed by atoms with Crippen molar-refractivity contribution in [2.75, 3.05) is 12.4 Å². The quantitative estimate of drug-likeness (QED) is 0.503. The van der Waals surface area contributed by atoms with Gasteiger partial charge in [-0.25, -0.2) is 0 Å². The highest BCUT2D eigenvalue weighted by molar-refractivity contribution is 5.62. The Bertz CT molecular complexity index is 807. The molecule has 21 heavy (non-hydrogen) atoms. The number of hydrogen-bond donors (Lipinski definition) is 1. The highest BCUT2D eigenvalue weighted by Crippen LogP contribution is 2.25. The maximum atomic E-state index is 11.8. The molecule has 8 heteroatoms. The molecule has 2 rings (SSSR count). The fourth-order valence-electron chi connectivity index (χ4n) is 1.95. The highest BCUT2D eigenvalue weighted by Gasteiger charge is 2.14. The van der Waals surface area contributed by atoms with Crippen LogP contribution in [0.4, 0.5) is 11.4 Å². The van der Waals surface area contributed by atoms with E-state index in [1.165, 1.54) is 34.6 Å². The predicted molar refractivity (Wildman–Crippen MR) is 77.7 cm³/mol. The largest absolute Gasteiger partial charge is 0.383 e. The zero-order chi connectivity index (χ0) is 15.6. The molecule has 110 valence electrons. The van der Waals surface area contributed by atoms with Gasteiger partial charge in [-0.2, -0.15) is 0 Å². The van der Waals surface area contributed by atoms with Gasteiger partial charge in [0.1, 0.15) is 5.69 Å². The lowest BCUT2D eigenvalue weighted by molar-refractivity contribution is -0.384. The third-order valence-electron chi connectivity index (χ3n) is 3.12. The van der Waals surface area contributed by atoms with Crippen LogP contribution in [-0.2, 0) is 13.6 Å². The van der Waals surface area contributed by atoms with E-state index in [1.54, 1.807) is 19.2 Å². The van der Waals surface area contributed by atoms with Gasteiger partial charge in [-0.3, -0.25) is 19.7 Å². The Labute approximate surface area is 119 Å². The first-order valence-electron chi connectivity index (χ1n) is 6.15. The summed E-state index contributed by atoms with van der Waals surface area (Å²) in [5.41, 5.74) is -0.429. The lowest BCUT2D eigenvalue weighted by atomic mass is 10.1. The van der Waals surface area contributed by atoms with Crippen LogP contribution in [0.25, 0.3) is 0 Å². The summed E-state index contributed by atoms with van der Waals surface area (Å²) in [6.45, 7) is 0.0970. The van der Waals surface area contributed by atoms with Gasteiger partial charge < -0.3 is 14.5 Å². The van der Waals surface area contributed by atoms with Gasteiger partial charge in [-0.05, 0) is 11.6 Å². The molecule has 0 saturated heterocycles. The minimum atomic E-state index is -0.666. The van der Waals surface area contributed by atoms with Gasteiger partial charge in [-0.15, -0.1) is 0 Å². The Morgan fingerprint density at radius 1 is 1.24 bits per heavy atom. The molecule has 0 fully saturated rings. The topological polar surface area (TPSA) is 99.2 Å². The number of anilines is 1. The second-order valence-electron chi connectivity index (χ2n) is 4.51. The van der Waals surface area contributed by atoms with Crippen molar-refractivity contribution < 1.29 is 4.92 Å². The van der Waals surface area contributed by atoms with Crippen molar-refractivity contribution in [2.45, 2.75) is 6.54 Å². The van der Waals surface area contributed by atoms with Gasteiger partial charge in [0.25, 0.3) is 5.69 Å². The smallest absolute Gasteiger partial charge is 0.316 e. The van der Waals surface area contributed by atoms with Crippen molar-refractivity contribution in [3.63, 3.8) is 0 Å². The first-order chi connectivity index (χ1) is 9.93. The van der Waals surface area contributed by atoms with Crippen LogP contribution in [0, 0.1) is 10.1 Å². The van der Waals surface area contributed by atoms with E-state index in [-0.39, 0.29) is 12.2 Å². The monoisotopic (exact) mass is 290 g/mol. The molecule has 0 bridgehead atoms. The van der Waals surface area contributed by atoms with Crippen molar-refractivity contribution in [3.05, 3.63) is 67.0 Å². The standard InChI is InChI=1S/C13H14N4O4/c1-14-10-4-3-9(7-11(10)17(20)21)8-16-6-5-15(2)12(18)13(16)19/h3-7,14H,8H2,1-2H3. The molecule has 0 spiro atoms. The molecular weight excluding hydrogens is 276 g/mol. The number of rotatable bonds is 4. The van der Waals surface area contributed by atoms with Crippen LogP contribution in [0.5, 0.6) is 0 Å². The fourth-order valence-corrected chi connectivity index (χ4v) is 1.95. The Hall–Kier alpha value is -2.90. The first kappa shape index (κ1) is 14.5. The second-order valence-corrected chi connectivity index (χ2v) is 4.51. The van der Waals surface area contributed by atoms with E-state index < -0.39 is 16.0 Å². The Morgan fingerprint density at radius 2 is 1.95 bits per heavy atom. The molecule has 0 amide bonds. The molecule has 1 aromatic carbocycles. The number of aryl methyl sites for hydroxylation is 1. The van der Waals surface area contributed by atoms with Crippen LogP contribution >= 0.6 is 0 Å². The summed E-state index contributed by atoms with van der Waals surface area (Å²) in [5, 5.41) is 13.7. The van der Waals surface area contributed by atoms with Crippen molar-refractivity contribution in [1.82, 2.24) is 9.13 Å². The van der Waals surface area contributed by atoms with Crippen LogP contribution in [0.1, 0.15) is 5.56 Å². The van der Waals surface area contributed by atoms with Crippen LogP contribution < -0.4 is 16.4 Å². The van der Waals surface area contributed by atoms with Gasteiger partial charge in [0, 0.05) is 32.6 Å². The van der Waals surface area contributed by atoms with E-state index in [1.807, 2.05) is 0 Å². The molecule has 0 radical (unpaired) electrons. The van der Waals surface area contributed by atoms with E-state index in [0.717, 1.165) is 0 Å². The average Bonchev–Trinajstić information content (AvgIpc) is 2.47. The number of benzene rings is 1. The van der Waals surface area contributed by atoms with Crippen LogP contribution in [-0.4, -0.2) is 21.1 Å². The first-order valence-corrected chi connectivity index (χ1v) is 6.15. The number of aromatic nitrogens is 2. The number of nitro benzene ring substituents is 1. The average molecular weight is 290 g/mol. The molecule has 0 atom stereocenters. The fraction of sp³-hybridized carbons (Fsp3) is 0.231. The number of nitrogens with zero attached hydrogens (tertiary/aromatic N) is 3.